The summed E-state index contributed by atoms with van der Waals surface area (Å²) in [7, 11) is 1.62. The third-order valence-electron chi connectivity index (χ3n) is 5.67. The summed E-state index contributed by atoms with van der Waals surface area (Å²) < 4.78 is 10.6. The van der Waals surface area contributed by atoms with Crippen molar-refractivity contribution < 1.29 is 9.47 Å². The normalized spacial score (nSPS) is 14.5. The zero-order valence-corrected chi connectivity index (χ0v) is 18.0. The Labute approximate surface area is 186 Å². The van der Waals surface area contributed by atoms with E-state index in [1.807, 2.05) is 12.1 Å². The molecule has 0 unspecified atom stereocenters. The topological polar surface area (TPSA) is 88.2 Å². The number of hydrogen-bond acceptors (Lipinski definition) is 7. The van der Waals surface area contributed by atoms with Crippen LogP contribution in [0.5, 0.6) is 5.88 Å². The lowest BCUT2D eigenvalue weighted by atomic mass is 10.1. The molecule has 0 amide bonds. The zero-order chi connectivity index (χ0) is 21.8. The molecule has 4 aromatic rings. The Balaban J connectivity index is 1.32. The van der Waals surface area contributed by atoms with Gasteiger partial charge in [0.2, 0.25) is 5.88 Å². The first-order chi connectivity index (χ1) is 15.8. The van der Waals surface area contributed by atoms with Crippen LogP contribution in [0.25, 0.3) is 22.3 Å². The summed E-state index contributed by atoms with van der Waals surface area (Å²) in [4.78, 5) is 18.9. The van der Waals surface area contributed by atoms with Crippen LogP contribution in [0.4, 0.5) is 5.82 Å². The molecule has 8 nitrogen and oxygen atoms in total. The van der Waals surface area contributed by atoms with Crippen molar-refractivity contribution in [1.29, 1.82) is 0 Å². The minimum Gasteiger partial charge on any atom is -0.481 e. The fourth-order valence-corrected chi connectivity index (χ4v) is 3.90. The van der Waals surface area contributed by atoms with E-state index < -0.39 is 0 Å². The van der Waals surface area contributed by atoms with E-state index >= 15 is 0 Å². The summed E-state index contributed by atoms with van der Waals surface area (Å²) in [5, 5.41) is 4.36. The van der Waals surface area contributed by atoms with Crippen molar-refractivity contribution >= 4 is 16.9 Å². The highest BCUT2D eigenvalue weighted by molar-refractivity contribution is 5.91. The Morgan fingerprint density at radius 1 is 1.03 bits per heavy atom. The predicted octanol–water partition coefficient (Wildman–Crippen LogP) is 3.47. The van der Waals surface area contributed by atoms with Crippen LogP contribution in [0.15, 0.2) is 55.0 Å². The molecular formula is C24H26N6O2. The average Bonchev–Trinajstić information content (AvgIpc) is 3.29. The van der Waals surface area contributed by atoms with Crippen LogP contribution in [0.1, 0.15) is 11.1 Å². The van der Waals surface area contributed by atoms with E-state index in [1.54, 1.807) is 19.6 Å². The molecule has 1 aliphatic heterocycles. The Kier molecular flexibility index (Phi) is 5.96. The molecule has 8 heteroatoms. The number of nitrogens with one attached hydrogen (secondary N) is 2. The summed E-state index contributed by atoms with van der Waals surface area (Å²) in [5.41, 5.74) is 5.32. The van der Waals surface area contributed by atoms with Crippen molar-refractivity contribution in [1.82, 2.24) is 24.8 Å². The van der Waals surface area contributed by atoms with E-state index in [4.69, 9.17) is 9.47 Å². The molecule has 1 aliphatic rings. The number of H-pyrrole nitrogens is 1. The first-order valence-corrected chi connectivity index (χ1v) is 10.7. The van der Waals surface area contributed by atoms with Gasteiger partial charge in [-0.25, -0.2) is 15.0 Å². The minimum atomic E-state index is 0.595. The summed E-state index contributed by atoms with van der Waals surface area (Å²) in [5.74, 6) is 1.38. The minimum absolute atomic E-state index is 0.595. The van der Waals surface area contributed by atoms with Crippen molar-refractivity contribution in [2.45, 2.75) is 13.1 Å². The molecule has 0 bridgehead atoms. The standard InChI is InChI=1S/C24H26N6O2/c1-31-22-12-18(6-7-25-22)14-26-23-20-13-21(29-24(20)28-16-27-23)19-4-2-17(3-5-19)15-30-8-10-32-11-9-30/h2-7,12-13,16H,8-11,14-15H2,1H3,(H2,26,27,28,29). The van der Waals surface area contributed by atoms with Gasteiger partial charge < -0.3 is 19.8 Å². The van der Waals surface area contributed by atoms with Gasteiger partial charge in [0.05, 0.1) is 25.7 Å². The van der Waals surface area contributed by atoms with Gasteiger partial charge in [-0.3, -0.25) is 4.90 Å². The van der Waals surface area contributed by atoms with E-state index in [9.17, 15) is 0 Å². The molecule has 0 spiro atoms. The van der Waals surface area contributed by atoms with Gasteiger partial charge in [-0.1, -0.05) is 24.3 Å². The molecule has 1 fully saturated rings. The van der Waals surface area contributed by atoms with Crippen LogP contribution in [0.3, 0.4) is 0 Å². The number of hydrogen-bond donors (Lipinski definition) is 2. The second kappa shape index (κ2) is 9.33. The van der Waals surface area contributed by atoms with Gasteiger partial charge in [0, 0.05) is 44.1 Å². The molecule has 2 N–H and O–H groups in total. The number of anilines is 1. The highest BCUT2D eigenvalue weighted by atomic mass is 16.5. The van der Waals surface area contributed by atoms with Crippen LogP contribution in [-0.4, -0.2) is 58.2 Å². The monoisotopic (exact) mass is 430 g/mol. The SMILES string of the molecule is COc1cc(CNc2ncnc3[nH]c(-c4ccc(CN5CCOCC5)cc4)cc23)ccn1. The number of pyridine rings is 1. The van der Waals surface area contributed by atoms with Crippen LogP contribution in [0, 0.1) is 0 Å². The first-order valence-electron chi connectivity index (χ1n) is 10.7. The summed E-state index contributed by atoms with van der Waals surface area (Å²) in [6, 6.07) is 14.7. The Morgan fingerprint density at radius 2 is 1.88 bits per heavy atom. The zero-order valence-electron chi connectivity index (χ0n) is 18.0. The highest BCUT2D eigenvalue weighted by Gasteiger charge is 2.12. The lowest BCUT2D eigenvalue weighted by Gasteiger charge is -2.26. The molecule has 32 heavy (non-hydrogen) atoms. The lowest BCUT2D eigenvalue weighted by Crippen LogP contribution is -2.35. The van der Waals surface area contributed by atoms with E-state index in [-0.39, 0.29) is 0 Å². The fourth-order valence-electron chi connectivity index (χ4n) is 3.90. The maximum Gasteiger partial charge on any atom is 0.213 e. The Hall–Kier alpha value is -3.49. The van der Waals surface area contributed by atoms with E-state index in [1.165, 1.54) is 5.56 Å². The summed E-state index contributed by atoms with van der Waals surface area (Å²) in [6.45, 7) is 5.19. The first kappa shape index (κ1) is 20.4. The van der Waals surface area contributed by atoms with Crippen molar-refractivity contribution in [2.24, 2.45) is 0 Å². The molecule has 0 radical (unpaired) electrons. The van der Waals surface area contributed by atoms with E-state index in [0.717, 1.165) is 66.5 Å². The molecule has 5 rings (SSSR count). The second-order valence-electron chi connectivity index (χ2n) is 7.81. The number of fused-ring (bicyclic) bond motifs is 1. The van der Waals surface area contributed by atoms with E-state index in [0.29, 0.717) is 12.4 Å². The molecule has 1 saturated heterocycles. The van der Waals surface area contributed by atoms with Gasteiger partial charge in [0.25, 0.3) is 0 Å². The molecule has 1 aromatic carbocycles. The highest BCUT2D eigenvalue weighted by Crippen LogP contribution is 2.27. The molecule has 0 aliphatic carbocycles. The van der Waals surface area contributed by atoms with Crippen LogP contribution in [0.2, 0.25) is 0 Å². The Bertz CT molecular complexity index is 1180. The van der Waals surface area contributed by atoms with Crippen LogP contribution >= 0.6 is 0 Å². The molecule has 0 saturated carbocycles. The quantitative estimate of drug-likeness (QED) is 0.464. The van der Waals surface area contributed by atoms with Gasteiger partial charge >= 0.3 is 0 Å². The van der Waals surface area contributed by atoms with Crippen LogP contribution in [-0.2, 0) is 17.8 Å². The molecule has 164 valence electrons. The largest absolute Gasteiger partial charge is 0.481 e. The van der Waals surface area contributed by atoms with Gasteiger partial charge in [0.1, 0.15) is 17.8 Å². The number of benzene rings is 1. The lowest BCUT2D eigenvalue weighted by molar-refractivity contribution is 0.0342. The van der Waals surface area contributed by atoms with Gasteiger partial charge in [-0.05, 0) is 28.8 Å². The van der Waals surface area contributed by atoms with Crippen molar-refractivity contribution in [3.8, 4) is 17.1 Å². The number of ether oxygens (including phenoxy) is 2. The molecular weight excluding hydrogens is 404 g/mol. The number of methoxy groups -OCH3 is 1. The number of rotatable bonds is 7. The number of aromatic amines is 1. The third-order valence-corrected chi connectivity index (χ3v) is 5.67. The van der Waals surface area contributed by atoms with E-state index in [2.05, 4.69) is 60.5 Å². The van der Waals surface area contributed by atoms with Gasteiger partial charge in [-0.15, -0.1) is 0 Å². The summed E-state index contributed by atoms with van der Waals surface area (Å²) in [6.07, 6.45) is 3.31. The Morgan fingerprint density at radius 3 is 2.69 bits per heavy atom. The number of morpholine rings is 1. The van der Waals surface area contributed by atoms with Gasteiger partial charge in [-0.2, -0.15) is 0 Å². The van der Waals surface area contributed by atoms with Gasteiger partial charge in [0.15, 0.2) is 0 Å². The molecule has 0 atom stereocenters. The van der Waals surface area contributed by atoms with Crippen molar-refractivity contribution in [3.63, 3.8) is 0 Å². The maximum absolute atomic E-state index is 5.44. The summed E-state index contributed by atoms with van der Waals surface area (Å²) >= 11 is 0. The van der Waals surface area contributed by atoms with Crippen LogP contribution < -0.4 is 10.1 Å². The molecule has 4 heterocycles. The average molecular weight is 431 g/mol. The molecule has 3 aromatic heterocycles. The van der Waals surface area contributed by atoms with Crippen molar-refractivity contribution in [3.05, 3.63) is 66.1 Å². The number of aromatic nitrogens is 4. The maximum atomic E-state index is 5.44. The smallest absolute Gasteiger partial charge is 0.213 e. The van der Waals surface area contributed by atoms with Crippen molar-refractivity contribution in [2.75, 3.05) is 38.7 Å². The number of nitrogens with zero attached hydrogens (tertiary/aromatic N) is 4. The fraction of sp³-hybridized carbons (Fsp3) is 0.292. The third kappa shape index (κ3) is 4.56. The second-order valence-corrected chi connectivity index (χ2v) is 7.81. The predicted molar refractivity (Wildman–Crippen MR) is 124 cm³/mol.